The van der Waals surface area contributed by atoms with Crippen LogP contribution < -0.4 is 0 Å². The van der Waals surface area contributed by atoms with Crippen LogP contribution in [0.5, 0.6) is 0 Å². The Kier molecular flexibility index (Phi) is 8.14. The molecule has 12 heavy (non-hydrogen) atoms. The maximum atomic E-state index is 5.36. The second-order valence-corrected chi connectivity index (χ2v) is 3.02. The van der Waals surface area contributed by atoms with Crippen molar-refractivity contribution in [3.05, 3.63) is 23.8 Å². The smallest absolute Gasteiger partial charge is 0.0650 e. The van der Waals surface area contributed by atoms with Crippen LogP contribution in [0.3, 0.4) is 0 Å². The molecular weight excluding hydrogens is 148 g/mol. The Labute approximate surface area is 76.1 Å². The van der Waals surface area contributed by atoms with Crippen LogP contribution in [0.4, 0.5) is 0 Å². The van der Waals surface area contributed by atoms with E-state index in [1.165, 1.54) is 5.57 Å². The quantitative estimate of drug-likeness (QED) is 0.436. The Balaban J connectivity index is 3.11. The second kappa shape index (κ2) is 8.54. The minimum atomic E-state index is 0.752. The molecule has 0 aliphatic rings. The van der Waals surface area contributed by atoms with E-state index in [1.54, 1.807) is 0 Å². The molecule has 0 unspecified atom stereocenters. The fourth-order valence-electron chi connectivity index (χ4n) is 0.745. The first-order valence-corrected chi connectivity index (χ1v) is 4.63. The fourth-order valence-corrected chi connectivity index (χ4v) is 0.745. The Hall–Kier alpha value is -0.560. The summed E-state index contributed by atoms with van der Waals surface area (Å²) in [5.74, 6) is 0. The van der Waals surface area contributed by atoms with Gasteiger partial charge in [-0.1, -0.05) is 30.7 Å². The van der Waals surface area contributed by atoms with Crippen molar-refractivity contribution in [3.8, 4) is 0 Å². The Morgan fingerprint density at radius 3 is 2.58 bits per heavy atom. The van der Waals surface area contributed by atoms with E-state index in [-0.39, 0.29) is 0 Å². The van der Waals surface area contributed by atoms with Gasteiger partial charge in [-0.3, -0.25) is 0 Å². The van der Waals surface area contributed by atoms with E-state index in [4.69, 9.17) is 4.74 Å². The number of hydrogen-bond acceptors (Lipinski definition) is 1. The van der Waals surface area contributed by atoms with Crippen molar-refractivity contribution in [1.29, 1.82) is 0 Å². The van der Waals surface area contributed by atoms with Crippen molar-refractivity contribution in [3.63, 3.8) is 0 Å². The molecule has 0 radical (unpaired) electrons. The highest BCUT2D eigenvalue weighted by Gasteiger charge is 1.82. The van der Waals surface area contributed by atoms with Gasteiger partial charge >= 0.3 is 0 Å². The van der Waals surface area contributed by atoms with Crippen molar-refractivity contribution >= 4 is 0 Å². The first-order valence-electron chi connectivity index (χ1n) is 4.63. The summed E-state index contributed by atoms with van der Waals surface area (Å²) >= 11 is 0. The minimum Gasteiger partial charge on any atom is -0.377 e. The third-order valence-corrected chi connectivity index (χ3v) is 1.44. The number of ether oxygens (including phenoxy) is 1. The average Bonchev–Trinajstić information content (AvgIpc) is 2.02. The summed E-state index contributed by atoms with van der Waals surface area (Å²) in [5.41, 5.74) is 1.32. The molecule has 0 aliphatic heterocycles. The van der Waals surface area contributed by atoms with Gasteiger partial charge in [0.05, 0.1) is 13.2 Å². The summed E-state index contributed by atoms with van der Waals surface area (Å²) in [7, 11) is 0. The molecule has 0 aromatic heterocycles. The molecule has 1 heteroatoms. The van der Waals surface area contributed by atoms with E-state index in [2.05, 4.69) is 39.0 Å². The first-order chi connectivity index (χ1) is 5.77. The molecule has 0 amide bonds. The third kappa shape index (κ3) is 9.44. The van der Waals surface area contributed by atoms with E-state index in [0.717, 1.165) is 26.1 Å². The molecule has 0 aliphatic carbocycles. The Bertz CT molecular complexity index is 141. The monoisotopic (exact) mass is 168 g/mol. The maximum Gasteiger partial charge on any atom is 0.0650 e. The lowest BCUT2D eigenvalue weighted by Crippen LogP contribution is -1.92. The molecule has 0 N–H and O–H groups in total. The highest BCUT2D eigenvalue weighted by molar-refractivity contribution is 4.92. The molecule has 1 nitrogen and oxygen atoms in total. The molecule has 0 atom stereocenters. The van der Waals surface area contributed by atoms with E-state index >= 15 is 0 Å². The summed E-state index contributed by atoms with van der Waals surface area (Å²) in [5, 5.41) is 0. The topological polar surface area (TPSA) is 9.23 Å². The summed E-state index contributed by atoms with van der Waals surface area (Å²) in [6.07, 6.45) is 8.59. The maximum absolute atomic E-state index is 5.36. The molecule has 0 rings (SSSR count). The highest BCUT2D eigenvalue weighted by atomic mass is 16.5. The van der Waals surface area contributed by atoms with Gasteiger partial charge in [-0.2, -0.15) is 0 Å². The van der Waals surface area contributed by atoms with Crippen LogP contribution in [0, 0.1) is 0 Å². The normalized spacial score (nSPS) is 10.6. The van der Waals surface area contributed by atoms with Gasteiger partial charge in [0, 0.05) is 0 Å². The Morgan fingerprint density at radius 2 is 2.00 bits per heavy atom. The van der Waals surface area contributed by atoms with Crippen LogP contribution in [-0.2, 0) is 4.74 Å². The fraction of sp³-hybridized carbons (Fsp3) is 0.636. The first kappa shape index (κ1) is 11.4. The number of rotatable bonds is 6. The minimum absolute atomic E-state index is 0.752. The van der Waals surface area contributed by atoms with Gasteiger partial charge in [-0.25, -0.2) is 0 Å². The Morgan fingerprint density at radius 1 is 1.25 bits per heavy atom. The average molecular weight is 168 g/mol. The predicted octanol–water partition coefficient (Wildman–Crippen LogP) is 3.33. The third-order valence-electron chi connectivity index (χ3n) is 1.44. The molecule has 0 saturated heterocycles. The van der Waals surface area contributed by atoms with Crippen LogP contribution in [-0.4, -0.2) is 13.2 Å². The van der Waals surface area contributed by atoms with Crippen LogP contribution in [0.2, 0.25) is 0 Å². The number of allylic oxidation sites excluding steroid dienone is 2. The summed E-state index contributed by atoms with van der Waals surface area (Å²) < 4.78 is 5.36. The van der Waals surface area contributed by atoms with Crippen LogP contribution in [0.1, 0.15) is 33.6 Å². The predicted molar refractivity (Wildman–Crippen MR) is 54.3 cm³/mol. The summed E-state index contributed by atoms with van der Waals surface area (Å²) in [6.45, 7) is 7.89. The largest absolute Gasteiger partial charge is 0.377 e. The van der Waals surface area contributed by atoms with Gasteiger partial charge in [-0.05, 0) is 26.7 Å². The molecule has 0 spiro atoms. The van der Waals surface area contributed by atoms with Crippen LogP contribution >= 0.6 is 0 Å². The second-order valence-electron chi connectivity index (χ2n) is 3.02. The zero-order chi connectivity index (χ0) is 9.23. The van der Waals surface area contributed by atoms with E-state index < -0.39 is 0 Å². The van der Waals surface area contributed by atoms with Crippen LogP contribution in [0.15, 0.2) is 23.8 Å². The van der Waals surface area contributed by atoms with E-state index in [1.807, 2.05) is 0 Å². The lowest BCUT2D eigenvalue weighted by molar-refractivity contribution is 0.167. The molecule has 0 aromatic carbocycles. The van der Waals surface area contributed by atoms with Crippen LogP contribution in [0.25, 0.3) is 0 Å². The van der Waals surface area contributed by atoms with E-state index in [9.17, 15) is 0 Å². The summed E-state index contributed by atoms with van der Waals surface area (Å²) in [4.78, 5) is 0. The lowest BCUT2D eigenvalue weighted by Gasteiger charge is -1.97. The van der Waals surface area contributed by atoms with Crippen molar-refractivity contribution in [1.82, 2.24) is 0 Å². The SMILES string of the molecule is CC/C=C/CCOCC=C(C)C. The zero-order valence-electron chi connectivity index (χ0n) is 8.47. The van der Waals surface area contributed by atoms with Crippen molar-refractivity contribution in [2.45, 2.75) is 33.6 Å². The summed E-state index contributed by atoms with van der Waals surface area (Å²) in [6, 6.07) is 0. The van der Waals surface area contributed by atoms with Crippen molar-refractivity contribution in [2.75, 3.05) is 13.2 Å². The van der Waals surface area contributed by atoms with E-state index in [0.29, 0.717) is 0 Å². The van der Waals surface area contributed by atoms with Crippen molar-refractivity contribution in [2.24, 2.45) is 0 Å². The molecule has 0 heterocycles. The van der Waals surface area contributed by atoms with Gasteiger partial charge in [0.25, 0.3) is 0 Å². The molecular formula is C11H20O. The number of hydrogen-bond donors (Lipinski definition) is 0. The highest BCUT2D eigenvalue weighted by Crippen LogP contribution is 1.91. The lowest BCUT2D eigenvalue weighted by atomic mass is 10.3. The van der Waals surface area contributed by atoms with Gasteiger partial charge in [0.1, 0.15) is 0 Å². The van der Waals surface area contributed by atoms with Gasteiger partial charge in [0.2, 0.25) is 0 Å². The zero-order valence-corrected chi connectivity index (χ0v) is 8.47. The van der Waals surface area contributed by atoms with Crippen molar-refractivity contribution < 1.29 is 4.74 Å². The van der Waals surface area contributed by atoms with Gasteiger partial charge < -0.3 is 4.74 Å². The molecule has 0 saturated carbocycles. The molecule has 0 aromatic rings. The van der Waals surface area contributed by atoms with Gasteiger partial charge in [0.15, 0.2) is 0 Å². The molecule has 70 valence electrons. The molecule has 0 fully saturated rings. The van der Waals surface area contributed by atoms with Gasteiger partial charge in [-0.15, -0.1) is 0 Å². The molecule has 0 bridgehead atoms. The standard InChI is InChI=1S/C11H20O/c1-4-5-6-7-9-12-10-8-11(2)3/h5-6,8H,4,7,9-10H2,1-3H3/b6-5+.